The summed E-state index contributed by atoms with van der Waals surface area (Å²) in [5.41, 5.74) is 0.111. The Labute approximate surface area is 47.6 Å². The van der Waals surface area contributed by atoms with Crippen LogP contribution in [-0.4, -0.2) is 18.8 Å². The molecule has 0 aromatic carbocycles. The SMILES string of the molecule is C1NCC12N=N2.Cl. The molecule has 0 amide bonds. The van der Waals surface area contributed by atoms with Crippen LogP contribution in [0.4, 0.5) is 0 Å². The maximum atomic E-state index is 3.80. The highest BCUT2D eigenvalue weighted by molar-refractivity contribution is 5.85. The molecule has 0 unspecified atom stereocenters. The van der Waals surface area contributed by atoms with Gasteiger partial charge in [-0.05, 0) is 0 Å². The van der Waals surface area contributed by atoms with Gasteiger partial charge >= 0.3 is 0 Å². The fourth-order valence-electron chi connectivity index (χ4n) is 0.561. The third-order valence-corrected chi connectivity index (χ3v) is 1.20. The van der Waals surface area contributed by atoms with Gasteiger partial charge in [-0.1, -0.05) is 0 Å². The number of rotatable bonds is 0. The maximum Gasteiger partial charge on any atom is 0.215 e. The van der Waals surface area contributed by atoms with E-state index >= 15 is 0 Å². The molecular formula is C3H6ClN3. The Morgan fingerprint density at radius 1 is 1.29 bits per heavy atom. The van der Waals surface area contributed by atoms with Crippen LogP contribution < -0.4 is 5.32 Å². The van der Waals surface area contributed by atoms with Gasteiger partial charge < -0.3 is 5.32 Å². The Kier molecular flexibility index (Phi) is 0.834. The highest BCUT2D eigenvalue weighted by atomic mass is 35.5. The largest absolute Gasteiger partial charge is 0.308 e. The summed E-state index contributed by atoms with van der Waals surface area (Å²) in [6, 6.07) is 0. The van der Waals surface area contributed by atoms with E-state index in [4.69, 9.17) is 0 Å². The van der Waals surface area contributed by atoms with Crippen molar-refractivity contribution in [2.45, 2.75) is 5.66 Å². The van der Waals surface area contributed by atoms with Crippen LogP contribution >= 0.6 is 12.4 Å². The van der Waals surface area contributed by atoms with E-state index in [2.05, 4.69) is 15.5 Å². The first-order valence-corrected chi connectivity index (χ1v) is 2.06. The average molecular weight is 120 g/mol. The van der Waals surface area contributed by atoms with Crippen LogP contribution in [0.2, 0.25) is 0 Å². The normalized spacial score (nSPS) is 28.6. The summed E-state index contributed by atoms with van der Waals surface area (Å²) in [7, 11) is 0. The first-order chi connectivity index (χ1) is 2.91. The Bertz CT molecular complexity index is 98.7. The van der Waals surface area contributed by atoms with Crippen molar-refractivity contribution in [3.05, 3.63) is 0 Å². The molecular weight excluding hydrogens is 114 g/mol. The van der Waals surface area contributed by atoms with E-state index in [1.807, 2.05) is 0 Å². The Morgan fingerprint density at radius 2 is 1.86 bits per heavy atom. The molecule has 2 rings (SSSR count). The van der Waals surface area contributed by atoms with Gasteiger partial charge in [0.05, 0.1) is 0 Å². The summed E-state index contributed by atoms with van der Waals surface area (Å²) in [6.45, 7) is 1.96. The van der Waals surface area contributed by atoms with Crippen LogP contribution in [0.25, 0.3) is 0 Å². The molecule has 0 saturated carbocycles. The van der Waals surface area contributed by atoms with E-state index in [1.165, 1.54) is 0 Å². The first-order valence-electron chi connectivity index (χ1n) is 2.06. The average Bonchev–Trinajstić information content (AvgIpc) is 2.02. The smallest absolute Gasteiger partial charge is 0.215 e. The second-order valence-electron chi connectivity index (χ2n) is 1.79. The summed E-state index contributed by atoms with van der Waals surface area (Å²) in [4.78, 5) is 0. The molecule has 0 atom stereocenters. The zero-order valence-corrected chi connectivity index (χ0v) is 4.53. The van der Waals surface area contributed by atoms with Crippen LogP contribution in [0.1, 0.15) is 0 Å². The number of hydrogen-bond acceptors (Lipinski definition) is 3. The minimum Gasteiger partial charge on any atom is -0.308 e. The maximum absolute atomic E-state index is 3.80. The molecule has 3 nitrogen and oxygen atoms in total. The highest BCUT2D eigenvalue weighted by Crippen LogP contribution is 2.30. The second kappa shape index (κ2) is 1.17. The summed E-state index contributed by atoms with van der Waals surface area (Å²) in [5, 5.41) is 10.7. The van der Waals surface area contributed by atoms with Gasteiger partial charge in [0.15, 0.2) is 0 Å². The van der Waals surface area contributed by atoms with Crippen molar-refractivity contribution in [2.75, 3.05) is 13.1 Å². The molecule has 1 N–H and O–H groups in total. The zero-order chi connectivity index (χ0) is 4.04. The second-order valence-corrected chi connectivity index (χ2v) is 1.79. The van der Waals surface area contributed by atoms with Crippen molar-refractivity contribution in [1.29, 1.82) is 0 Å². The van der Waals surface area contributed by atoms with Crippen LogP contribution in [0.5, 0.6) is 0 Å². The van der Waals surface area contributed by atoms with Gasteiger partial charge in [0.2, 0.25) is 5.66 Å². The molecule has 4 heteroatoms. The van der Waals surface area contributed by atoms with Gasteiger partial charge in [-0.3, -0.25) is 0 Å². The van der Waals surface area contributed by atoms with E-state index in [0.29, 0.717) is 0 Å². The molecule has 0 aromatic heterocycles. The summed E-state index contributed by atoms with van der Waals surface area (Å²) < 4.78 is 0. The quantitative estimate of drug-likeness (QED) is 0.485. The molecule has 0 aromatic rings. The van der Waals surface area contributed by atoms with Crippen LogP contribution in [0.15, 0.2) is 10.2 Å². The Morgan fingerprint density at radius 3 is 1.86 bits per heavy atom. The topological polar surface area (TPSA) is 36.8 Å². The fourth-order valence-corrected chi connectivity index (χ4v) is 0.561. The van der Waals surface area contributed by atoms with Crippen LogP contribution in [0, 0.1) is 0 Å². The molecule has 2 aliphatic rings. The lowest BCUT2D eigenvalue weighted by atomic mass is 10.1. The van der Waals surface area contributed by atoms with Crippen LogP contribution in [-0.2, 0) is 0 Å². The molecule has 1 saturated heterocycles. The van der Waals surface area contributed by atoms with Gasteiger partial charge in [-0.25, -0.2) is 0 Å². The Hall–Kier alpha value is -0.150. The van der Waals surface area contributed by atoms with E-state index in [9.17, 15) is 0 Å². The summed E-state index contributed by atoms with van der Waals surface area (Å²) in [6.07, 6.45) is 0. The summed E-state index contributed by atoms with van der Waals surface area (Å²) in [5.74, 6) is 0. The van der Waals surface area contributed by atoms with Crippen molar-refractivity contribution < 1.29 is 0 Å². The fraction of sp³-hybridized carbons (Fsp3) is 1.00. The molecule has 2 heterocycles. The minimum absolute atomic E-state index is 0. The number of halogens is 1. The van der Waals surface area contributed by atoms with E-state index in [0.717, 1.165) is 13.1 Å². The number of hydrogen-bond donors (Lipinski definition) is 1. The van der Waals surface area contributed by atoms with Gasteiger partial charge in [-0.2, -0.15) is 10.2 Å². The molecule has 7 heavy (non-hydrogen) atoms. The molecule has 2 aliphatic heterocycles. The molecule has 0 radical (unpaired) electrons. The number of nitrogens with zero attached hydrogens (tertiary/aromatic N) is 2. The predicted molar refractivity (Wildman–Crippen MR) is 27.7 cm³/mol. The molecule has 0 bridgehead atoms. The molecule has 1 fully saturated rings. The standard InChI is InChI=1S/C3H5N3.ClH/c1-3(2-4-1)5-6-3;/h4H,1-2H2;1H. The lowest BCUT2D eigenvalue weighted by Gasteiger charge is -2.20. The van der Waals surface area contributed by atoms with Gasteiger partial charge in [0.25, 0.3) is 0 Å². The molecule has 1 spiro atoms. The van der Waals surface area contributed by atoms with E-state index in [1.54, 1.807) is 0 Å². The third kappa shape index (κ3) is 0.525. The van der Waals surface area contributed by atoms with E-state index in [-0.39, 0.29) is 18.1 Å². The lowest BCUT2D eigenvalue weighted by Crippen LogP contribution is -2.50. The lowest BCUT2D eigenvalue weighted by molar-refractivity contribution is 0.392. The molecule has 0 aliphatic carbocycles. The van der Waals surface area contributed by atoms with Crippen molar-refractivity contribution in [3.8, 4) is 0 Å². The molecule has 40 valence electrons. The summed E-state index contributed by atoms with van der Waals surface area (Å²) >= 11 is 0. The third-order valence-electron chi connectivity index (χ3n) is 1.20. The van der Waals surface area contributed by atoms with Gasteiger partial charge in [0, 0.05) is 13.1 Å². The highest BCUT2D eigenvalue weighted by Gasteiger charge is 2.46. The monoisotopic (exact) mass is 119 g/mol. The number of nitrogens with one attached hydrogen (secondary N) is 1. The van der Waals surface area contributed by atoms with E-state index < -0.39 is 0 Å². The van der Waals surface area contributed by atoms with Crippen molar-refractivity contribution >= 4 is 12.4 Å². The van der Waals surface area contributed by atoms with Crippen molar-refractivity contribution in [3.63, 3.8) is 0 Å². The first kappa shape index (κ1) is 5.00. The predicted octanol–water partition coefficient (Wildman–Crippen LogP) is 0.173. The van der Waals surface area contributed by atoms with Crippen molar-refractivity contribution in [2.24, 2.45) is 10.2 Å². The van der Waals surface area contributed by atoms with Gasteiger partial charge in [0.1, 0.15) is 0 Å². The minimum atomic E-state index is 0. The Balaban J connectivity index is 0.000000245. The van der Waals surface area contributed by atoms with Crippen LogP contribution in [0.3, 0.4) is 0 Å². The van der Waals surface area contributed by atoms with Crippen molar-refractivity contribution in [1.82, 2.24) is 5.32 Å². The zero-order valence-electron chi connectivity index (χ0n) is 3.72. The van der Waals surface area contributed by atoms with Gasteiger partial charge in [-0.15, -0.1) is 12.4 Å².